The van der Waals surface area contributed by atoms with Crippen LogP contribution in [-0.4, -0.2) is 19.5 Å². The number of nitrogens with zero attached hydrogens (tertiary/aromatic N) is 4. The summed E-state index contributed by atoms with van der Waals surface area (Å²) in [6.07, 6.45) is 0. The van der Waals surface area contributed by atoms with Gasteiger partial charge in [-0.15, -0.1) is 0 Å². The van der Waals surface area contributed by atoms with Crippen LogP contribution >= 0.6 is 0 Å². The van der Waals surface area contributed by atoms with Gasteiger partial charge in [-0.1, -0.05) is 146 Å². The fourth-order valence-corrected chi connectivity index (χ4v) is 9.29. The molecule has 6 nitrogen and oxygen atoms in total. The maximum absolute atomic E-state index is 6.66. The first kappa shape index (κ1) is 35.2. The van der Waals surface area contributed by atoms with Crippen LogP contribution in [0.25, 0.3) is 117 Å². The molecule has 0 spiro atoms. The summed E-state index contributed by atoms with van der Waals surface area (Å²) >= 11 is 0. The van der Waals surface area contributed by atoms with Gasteiger partial charge in [0, 0.05) is 38.2 Å². The largest absolute Gasteiger partial charge is 0.456 e. The third kappa shape index (κ3) is 5.76. The van der Waals surface area contributed by atoms with E-state index in [1.54, 1.807) is 0 Å². The minimum Gasteiger partial charge on any atom is -0.456 e. The molecular weight excluding hydrogens is 773 g/mol. The number of benzene rings is 9. The van der Waals surface area contributed by atoms with E-state index in [9.17, 15) is 0 Å². The molecule has 13 rings (SSSR count). The molecule has 9 aromatic carbocycles. The highest BCUT2D eigenvalue weighted by atomic mass is 16.5. The van der Waals surface area contributed by atoms with Crippen LogP contribution in [0, 0.1) is 0 Å². The molecule has 0 amide bonds. The van der Waals surface area contributed by atoms with Gasteiger partial charge in [0.15, 0.2) is 29.0 Å². The van der Waals surface area contributed by atoms with Crippen molar-refractivity contribution in [3.05, 3.63) is 206 Å². The minimum atomic E-state index is 0.564. The van der Waals surface area contributed by atoms with E-state index < -0.39 is 0 Å². The fourth-order valence-electron chi connectivity index (χ4n) is 9.29. The highest BCUT2D eigenvalue weighted by Gasteiger charge is 2.25. The number of hydrogen-bond acceptors (Lipinski definition) is 5. The van der Waals surface area contributed by atoms with E-state index in [0.717, 1.165) is 106 Å². The molecule has 0 N–H and O–H groups in total. The molecule has 0 fully saturated rings. The summed E-state index contributed by atoms with van der Waals surface area (Å²) in [5.74, 6) is 3.40. The second kappa shape index (κ2) is 14.0. The van der Waals surface area contributed by atoms with Gasteiger partial charge in [-0.25, -0.2) is 15.0 Å². The van der Waals surface area contributed by atoms with Crippen LogP contribution in [-0.2, 0) is 0 Å². The average molecular weight is 807 g/mol. The Balaban J connectivity index is 1.00. The molecule has 12 aromatic rings. The van der Waals surface area contributed by atoms with Crippen molar-refractivity contribution in [2.75, 3.05) is 0 Å². The summed E-state index contributed by atoms with van der Waals surface area (Å²) < 4.78 is 15.6. The zero-order chi connectivity index (χ0) is 41.4. The monoisotopic (exact) mass is 806 g/mol. The Morgan fingerprint density at radius 3 is 1.68 bits per heavy atom. The lowest BCUT2D eigenvalue weighted by atomic mass is 9.98. The Bertz CT molecular complexity index is 3670. The van der Waals surface area contributed by atoms with Crippen molar-refractivity contribution in [1.82, 2.24) is 19.5 Å². The zero-order valence-corrected chi connectivity index (χ0v) is 33.7. The molecule has 0 atom stereocenters. The summed E-state index contributed by atoms with van der Waals surface area (Å²) in [4.78, 5) is 15.7. The lowest BCUT2D eigenvalue weighted by molar-refractivity contribution is 0.476. The van der Waals surface area contributed by atoms with Crippen molar-refractivity contribution >= 4 is 43.7 Å². The summed E-state index contributed by atoms with van der Waals surface area (Å²) in [5, 5.41) is 4.24. The normalized spacial score (nSPS) is 11.9. The van der Waals surface area contributed by atoms with E-state index in [1.807, 2.05) is 36.4 Å². The van der Waals surface area contributed by atoms with Gasteiger partial charge in [0.25, 0.3) is 0 Å². The summed E-state index contributed by atoms with van der Waals surface area (Å²) in [5.41, 5.74) is 14.0. The third-order valence-electron chi connectivity index (χ3n) is 12.2. The molecule has 6 heteroatoms. The Morgan fingerprint density at radius 1 is 0.349 bits per heavy atom. The van der Waals surface area contributed by atoms with Gasteiger partial charge in [0.1, 0.15) is 11.2 Å². The second-order valence-corrected chi connectivity index (χ2v) is 16.0. The minimum absolute atomic E-state index is 0.564. The number of para-hydroxylation sites is 3. The van der Waals surface area contributed by atoms with Crippen molar-refractivity contribution in [3.8, 4) is 84.7 Å². The highest BCUT2D eigenvalue weighted by molar-refractivity contribution is 6.15. The third-order valence-corrected chi connectivity index (χ3v) is 12.2. The van der Waals surface area contributed by atoms with E-state index in [-0.39, 0.29) is 0 Å². The van der Waals surface area contributed by atoms with Crippen LogP contribution in [0.1, 0.15) is 0 Å². The SMILES string of the molecule is c1ccc(-c2cccc(-c3nc(-c4cccc(-c5ccccc5)c4)nc(-c4cccc5oc6ccc(-c7cc8c9c(c7)c7ccccc7n9-c7ccccc7O8)cc6c45)n3)c2)cc1. The smallest absolute Gasteiger partial charge is 0.164 e. The molecule has 0 saturated carbocycles. The molecule has 0 radical (unpaired) electrons. The molecule has 63 heavy (non-hydrogen) atoms. The topological polar surface area (TPSA) is 66.0 Å². The molecule has 1 aliphatic rings. The van der Waals surface area contributed by atoms with Crippen molar-refractivity contribution in [2.45, 2.75) is 0 Å². The Kier molecular flexibility index (Phi) is 7.80. The number of aromatic nitrogens is 4. The summed E-state index contributed by atoms with van der Waals surface area (Å²) in [6, 6.07) is 71.4. The number of ether oxygens (including phenoxy) is 1. The van der Waals surface area contributed by atoms with Gasteiger partial charge < -0.3 is 13.7 Å². The summed E-state index contributed by atoms with van der Waals surface area (Å²) in [7, 11) is 0. The number of rotatable bonds is 6. The van der Waals surface area contributed by atoms with Crippen LogP contribution < -0.4 is 4.74 Å². The molecule has 0 bridgehead atoms. The van der Waals surface area contributed by atoms with Gasteiger partial charge in [-0.05, 0) is 94.0 Å². The zero-order valence-electron chi connectivity index (χ0n) is 33.7. The van der Waals surface area contributed by atoms with E-state index in [4.69, 9.17) is 24.1 Å². The molecular formula is C57H34N4O2. The first-order chi connectivity index (χ1) is 31.2. The highest BCUT2D eigenvalue weighted by Crippen LogP contribution is 2.48. The van der Waals surface area contributed by atoms with Crippen molar-refractivity contribution in [2.24, 2.45) is 0 Å². The van der Waals surface area contributed by atoms with E-state index in [2.05, 4.69) is 174 Å². The number of hydrogen-bond donors (Lipinski definition) is 0. The quantitative estimate of drug-likeness (QED) is 0.167. The predicted octanol–water partition coefficient (Wildman–Crippen LogP) is 15.0. The van der Waals surface area contributed by atoms with Gasteiger partial charge in [0.05, 0.1) is 16.7 Å². The number of furan rings is 1. The van der Waals surface area contributed by atoms with Crippen LogP contribution in [0.5, 0.6) is 11.5 Å². The van der Waals surface area contributed by atoms with Gasteiger partial charge >= 0.3 is 0 Å². The lowest BCUT2D eigenvalue weighted by Gasteiger charge is -2.21. The standard InChI is InChI=1S/C57H34N4O2/c1-3-14-35(15-4-1)37-18-11-20-40(30-37)55-58-56(41-21-12-19-38(31-41)36-16-5-2-6-17-36)60-57(59-55)44-23-13-27-51-53(44)46-32-39(28-29-49(46)62-51)42-33-45-43-22-7-8-24-47(43)61-48-25-9-10-26-50(48)63-52(34-42)54(45)61/h1-34H. The molecule has 4 heterocycles. The Labute approximate surface area is 362 Å². The van der Waals surface area contributed by atoms with Crippen molar-refractivity contribution < 1.29 is 9.15 Å². The van der Waals surface area contributed by atoms with Crippen LogP contribution in [0.15, 0.2) is 211 Å². The van der Waals surface area contributed by atoms with Gasteiger partial charge in [0.2, 0.25) is 0 Å². The lowest BCUT2D eigenvalue weighted by Crippen LogP contribution is -2.03. The summed E-state index contributed by atoms with van der Waals surface area (Å²) in [6.45, 7) is 0. The molecule has 0 saturated heterocycles. The van der Waals surface area contributed by atoms with Crippen molar-refractivity contribution in [1.29, 1.82) is 0 Å². The van der Waals surface area contributed by atoms with E-state index in [0.29, 0.717) is 17.5 Å². The Morgan fingerprint density at radius 2 is 0.937 bits per heavy atom. The van der Waals surface area contributed by atoms with Gasteiger partial charge in [-0.3, -0.25) is 0 Å². The van der Waals surface area contributed by atoms with E-state index >= 15 is 0 Å². The molecule has 1 aliphatic heterocycles. The average Bonchev–Trinajstić information content (AvgIpc) is 3.91. The van der Waals surface area contributed by atoms with Gasteiger partial charge in [-0.2, -0.15) is 0 Å². The van der Waals surface area contributed by atoms with E-state index in [1.165, 1.54) is 5.39 Å². The second-order valence-electron chi connectivity index (χ2n) is 16.0. The fraction of sp³-hybridized carbons (Fsp3) is 0. The maximum Gasteiger partial charge on any atom is 0.164 e. The van der Waals surface area contributed by atoms with Crippen LogP contribution in [0.3, 0.4) is 0 Å². The molecule has 294 valence electrons. The molecule has 0 aliphatic carbocycles. The molecule has 3 aromatic heterocycles. The first-order valence-corrected chi connectivity index (χ1v) is 21.1. The molecule has 0 unspecified atom stereocenters. The Hall–Kier alpha value is -8.61. The maximum atomic E-state index is 6.66. The number of fused-ring (bicyclic) bond motifs is 8. The van der Waals surface area contributed by atoms with Crippen LogP contribution in [0.4, 0.5) is 0 Å². The first-order valence-electron chi connectivity index (χ1n) is 21.1. The van der Waals surface area contributed by atoms with Crippen LogP contribution in [0.2, 0.25) is 0 Å². The predicted molar refractivity (Wildman–Crippen MR) is 254 cm³/mol. The van der Waals surface area contributed by atoms with Crippen molar-refractivity contribution in [3.63, 3.8) is 0 Å².